The number of hydrogen-bond acceptors (Lipinski definition) is 3. The molecule has 1 N–H and O–H groups in total. The molecule has 0 spiro atoms. The topological polar surface area (TPSA) is 63.2 Å². The average Bonchev–Trinajstić information content (AvgIpc) is 3.08. The van der Waals surface area contributed by atoms with Gasteiger partial charge in [-0.05, 0) is 67.1 Å². The molecule has 8 heteroatoms. The number of benzene rings is 2. The van der Waals surface area contributed by atoms with E-state index >= 15 is 0 Å². The lowest BCUT2D eigenvalue weighted by Gasteiger charge is -2.13. The molecule has 2 aromatic carbocycles. The van der Waals surface area contributed by atoms with Gasteiger partial charge in [0.2, 0.25) is 5.91 Å². The van der Waals surface area contributed by atoms with Crippen LogP contribution < -0.4 is 5.32 Å². The minimum atomic E-state index is -4.53. The third-order valence-corrected chi connectivity index (χ3v) is 6.57. The minimum absolute atomic E-state index is 0.0159. The maximum absolute atomic E-state index is 13.0. The van der Waals surface area contributed by atoms with Gasteiger partial charge in [-0.15, -0.1) is 0 Å². The molecule has 0 saturated heterocycles. The van der Waals surface area contributed by atoms with Crippen molar-refractivity contribution in [3.63, 3.8) is 0 Å². The second kappa shape index (κ2) is 7.58. The standard InChI is InChI=1S/C20H20F3NO3S/c1-13-5-7-16(12-18(13)20(21,22)23)24-19(25)9-10-28(26,27)17-8-6-14-3-2-4-15(14)11-17/h5-8,11-12H,2-4,9-10H2,1H3,(H,24,25). The second-order valence-corrected chi connectivity index (χ2v) is 9.04. The molecular weight excluding hydrogens is 391 g/mol. The number of anilines is 1. The minimum Gasteiger partial charge on any atom is -0.326 e. The van der Waals surface area contributed by atoms with E-state index in [1.54, 1.807) is 18.2 Å². The van der Waals surface area contributed by atoms with Crippen LogP contribution in [0.5, 0.6) is 0 Å². The molecule has 1 aliphatic carbocycles. The average molecular weight is 411 g/mol. The van der Waals surface area contributed by atoms with Gasteiger partial charge in [0.25, 0.3) is 0 Å². The monoisotopic (exact) mass is 411 g/mol. The van der Waals surface area contributed by atoms with Crippen molar-refractivity contribution in [2.75, 3.05) is 11.1 Å². The van der Waals surface area contributed by atoms with Gasteiger partial charge in [-0.25, -0.2) is 8.42 Å². The Labute approximate surface area is 161 Å². The molecule has 0 fully saturated rings. The first-order valence-electron chi connectivity index (χ1n) is 8.88. The third-order valence-electron chi connectivity index (χ3n) is 4.85. The van der Waals surface area contributed by atoms with E-state index in [1.807, 2.05) is 0 Å². The van der Waals surface area contributed by atoms with Gasteiger partial charge in [-0.1, -0.05) is 12.1 Å². The van der Waals surface area contributed by atoms with Crippen LogP contribution in [0.2, 0.25) is 0 Å². The summed E-state index contributed by atoms with van der Waals surface area (Å²) in [6, 6.07) is 8.48. The molecule has 0 bridgehead atoms. The van der Waals surface area contributed by atoms with Gasteiger partial charge in [0, 0.05) is 12.1 Å². The van der Waals surface area contributed by atoms with Gasteiger partial charge in [0.15, 0.2) is 9.84 Å². The predicted molar refractivity (Wildman–Crippen MR) is 99.9 cm³/mol. The number of nitrogens with one attached hydrogen (secondary N) is 1. The summed E-state index contributed by atoms with van der Waals surface area (Å²) in [4.78, 5) is 12.2. The van der Waals surface area contributed by atoms with Crippen LogP contribution in [0.15, 0.2) is 41.3 Å². The highest BCUT2D eigenvalue weighted by Crippen LogP contribution is 2.33. The fourth-order valence-electron chi connectivity index (χ4n) is 3.32. The Bertz CT molecular complexity index is 1010. The Hall–Kier alpha value is -2.35. The molecule has 1 aliphatic rings. The van der Waals surface area contributed by atoms with Crippen LogP contribution in [0.4, 0.5) is 18.9 Å². The smallest absolute Gasteiger partial charge is 0.326 e. The van der Waals surface area contributed by atoms with E-state index in [0.29, 0.717) is 0 Å². The number of halogens is 3. The van der Waals surface area contributed by atoms with Crippen LogP contribution in [-0.4, -0.2) is 20.1 Å². The van der Waals surface area contributed by atoms with Gasteiger partial charge < -0.3 is 5.32 Å². The highest BCUT2D eigenvalue weighted by molar-refractivity contribution is 7.91. The van der Waals surface area contributed by atoms with Crippen LogP contribution in [0.3, 0.4) is 0 Å². The largest absolute Gasteiger partial charge is 0.416 e. The molecule has 0 saturated carbocycles. The van der Waals surface area contributed by atoms with E-state index in [-0.39, 0.29) is 22.6 Å². The van der Waals surface area contributed by atoms with Crippen molar-refractivity contribution < 1.29 is 26.4 Å². The van der Waals surface area contributed by atoms with Gasteiger partial charge in [-0.3, -0.25) is 4.79 Å². The summed E-state index contributed by atoms with van der Waals surface area (Å²) >= 11 is 0. The molecule has 0 radical (unpaired) electrons. The Balaban J connectivity index is 1.66. The highest BCUT2D eigenvalue weighted by Gasteiger charge is 2.32. The van der Waals surface area contributed by atoms with Crippen molar-refractivity contribution in [1.29, 1.82) is 0 Å². The van der Waals surface area contributed by atoms with Crippen molar-refractivity contribution in [3.05, 3.63) is 58.7 Å². The van der Waals surface area contributed by atoms with Crippen molar-refractivity contribution in [3.8, 4) is 0 Å². The Morgan fingerprint density at radius 1 is 1.07 bits per heavy atom. The molecule has 0 unspecified atom stereocenters. The van der Waals surface area contributed by atoms with E-state index < -0.39 is 33.2 Å². The van der Waals surface area contributed by atoms with Crippen LogP contribution >= 0.6 is 0 Å². The van der Waals surface area contributed by atoms with Crippen molar-refractivity contribution in [2.24, 2.45) is 0 Å². The lowest BCUT2D eigenvalue weighted by atomic mass is 10.1. The van der Waals surface area contributed by atoms with E-state index in [1.165, 1.54) is 19.1 Å². The summed E-state index contributed by atoms with van der Waals surface area (Å²) in [7, 11) is -3.65. The second-order valence-electron chi connectivity index (χ2n) is 6.93. The predicted octanol–water partition coefficient (Wildman–Crippen LogP) is 4.31. The first-order chi connectivity index (χ1) is 13.1. The molecule has 3 rings (SSSR count). The summed E-state index contributed by atoms with van der Waals surface area (Å²) in [5.74, 6) is -1.06. The zero-order chi connectivity index (χ0) is 20.5. The molecule has 2 aromatic rings. The lowest BCUT2D eigenvalue weighted by molar-refractivity contribution is -0.138. The van der Waals surface area contributed by atoms with Gasteiger partial charge in [0.05, 0.1) is 16.2 Å². The molecule has 150 valence electrons. The molecule has 0 heterocycles. The molecule has 28 heavy (non-hydrogen) atoms. The number of hydrogen-bond donors (Lipinski definition) is 1. The van der Waals surface area contributed by atoms with Gasteiger partial charge in [0.1, 0.15) is 0 Å². The van der Waals surface area contributed by atoms with Crippen LogP contribution in [0.1, 0.15) is 35.1 Å². The number of amides is 1. The number of aryl methyl sites for hydroxylation is 3. The summed E-state index contributed by atoms with van der Waals surface area (Å²) in [5.41, 5.74) is 1.36. The Morgan fingerprint density at radius 3 is 2.50 bits per heavy atom. The molecule has 0 aliphatic heterocycles. The van der Waals surface area contributed by atoms with Crippen molar-refractivity contribution in [2.45, 2.75) is 43.7 Å². The zero-order valence-electron chi connectivity index (χ0n) is 15.3. The number of fused-ring (bicyclic) bond motifs is 1. The fraction of sp³-hybridized carbons (Fsp3) is 0.350. The maximum Gasteiger partial charge on any atom is 0.416 e. The van der Waals surface area contributed by atoms with Gasteiger partial charge in [-0.2, -0.15) is 13.2 Å². The summed E-state index contributed by atoms with van der Waals surface area (Å²) in [6.45, 7) is 1.33. The van der Waals surface area contributed by atoms with E-state index in [2.05, 4.69) is 5.32 Å². The number of rotatable bonds is 5. The summed E-state index contributed by atoms with van der Waals surface area (Å²) in [6.07, 6.45) is -2.09. The van der Waals surface area contributed by atoms with E-state index in [4.69, 9.17) is 0 Å². The molecular formula is C20H20F3NO3S. The maximum atomic E-state index is 13.0. The number of alkyl halides is 3. The number of carbonyl (C=O) groups excluding carboxylic acids is 1. The van der Waals surface area contributed by atoms with Crippen molar-refractivity contribution >= 4 is 21.4 Å². The normalized spacial score (nSPS) is 14.0. The Morgan fingerprint density at radius 2 is 1.79 bits per heavy atom. The van der Waals surface area contributed by atoms with Crippen molar-refractivity contribution in [1.82, 2.24) is 0 Å². The van der Waals surface area contributed by atoms with Crippen LogP contribution in [-0.2, 0) is 33.6 Å². The molecule has 4 nitrogen and oxygen atoms in total. The molecule has 1 amide bonds. The molecule has 0 aromatic heterocycles. The highest BCUT2D eigenvalue weighted by atomic mass is 32.2. The third kappa shape index (κ3) is 4.55. The number of sulfone groups is 1. The Kier molecular flexibility index (Phi) is 5.52. The first-order valence-corrected chi connectivity index (χ1v) is 10.5. The van der Waals surface area contributed by atoms with Gasteiger partial charge >= 0.3 is 6.18 Å². The zero-order valence-corrected chi connectivity index (χ0v) is 16.1. The van der Waals surface area contributed by atoms with E-state index in [9.17, 15) is 26.4 Å². The summed E-state index contributed by atoms with van der Waals surface area (Å²) in [5, 5.41) is 2.34. The lowest BCUT2D eigenvalue weighted by Crippen LogP contribution is -2.18. The SMILES string of the molecule is Cc1ccc(NC(=O)CCS(=O)(=O)c2ccc3c(c2)CCC3)cc1C(F)(F)F. The van der Waals surface area contributed by atoms with E-state index in [0.717, 1.165) is 36.5 Å². The number of carbonyl (C=O) groups is 1. The fourth-order valence-corrected chi connectivity index (χ4v) is 4.60. The molecule has 0 atom stereocenters. The first kappa shape index (κ1) is 20.4. The van der Waals surface area contributed by atoms with Crippen LogP contribution in [0, 0.1) is 6.92 Å². The van der Waals surface area contributed by atoms with Crippen LogP contribution in [0.25, 0.3) is 0 Å². The summed E-state index contributed by atoms with van der Waals surface area (Å²) < 4.78 is 63.9. The quantitative estimate of drug-likeness (QED) is 0.798.